The fourth-order valence-electron chi connectivity index (χ4n) is 2.57. The zero-order valence-corrected chi connectivity index (χ0v) is 14.2. The number of ether oxygens (including phenoxy) is 1. The lowest BCUT2D eigenvalue weighted by Gasteiger charge is -2.10. The molecule has 0 aliphatic carbocycles. The van der Waals surface area contributed by atoms with Crippen molar-refractivity contribution in [3.8, 4) is 5.75 Å². The number of nitrogens with one attached hydrogen (secondary N) is 1. The largest absolute Gasteiger partial charge is 0.489 e. The van der Waals surface area contributed by atoms with E-state index in [1.807, 2.05) is 13.0 Å². The maximum atomic E-state index is 13.4. The first-order valence-corrected chi connectivity index (χ1v) is 8.15. The molecule has 7 heteroatoms. The number of benzene rings is 2. The van der Waals surface area contributed by atoms with Crippen molar-refractivity contribution < 1.29 is 13.9 Å². The second-order valence-electron chi connectivity index (χ2n) is 5.78. The fraction of sp³-hybridized carbons (Fsp3) is 0.211. The summed E-state index contributed by atoms with van der Waals surface area (Å²) in [6.07, 6.45) is 1.37. The number of rotatable bonds is 6. The molecule has 0 unspecified atom stereocenters. The number of fused-ring (bicyclic) bond motifs is 1. The summed E-state index contributed by atoms with van der Waals surface area (Å²) < 4.78 is 19.9. The Bertz CT molecular complexity index is 1000. The van der Waals surface area contributed by atoms with Crippen molar-refractivity contribution in [2.45, 2.75) is 13.5 Å². The van der Waals surface area contributed by atoms with Crippen molar-refractivity contribution in [2.24, 2.45) is 0 Å². The molecule has 1 heterocycles. The molecule has 1 N–H and O–H groups in total. The minimum atomic E-state index is -0.456. The van der Waals surface area contributed by atoms with E-state index in [2.05, 4.69) is 10.3 Å². The third-order valence-electron chi connectivity index (χ3n) is 3.89. The van der Waals surface area contributed by atoms with E-state index in [0.717, 1.165) is 5.56 Å². The van der Waals surface area contributed by atoms with Gasteiger partial charge in [0.25, 0.3) is 5.56 Å². The normalized spacial score (nSPS) is 10.7. The Kier molecular flexibility index (Phi) is 5.26. The zero-order chi connectivity index (χ0) is 18.5. The standard InChI is InChI=1S/C19H18FN3O3/c1-13-5-4-6-14-18(13)22-12-23(19(14)25)11-17(24)21-9-10-26-16-8-3-2-7-15(16)20/h2-8,12H,9-11H2,1H3,(H,21,24). The molecular weight excluding hydrogens is 337 g/mol. The first-order valence-electron chi connectivity index (χ1n) is 8.15. The molecule has 0 spiro atoms. The van der Waals surface area contributed by atoms with E-state index in [1.54, 1.807) is 24.3 Å². The van der Waals surface area contributed by atoms with E-state index in [9.17, 15) is 14.0 Å². The second-order valence-corrected chi connectivity index (χ2v) is 5.78. The zero-order valence-electron chi connectivity index (χ0n) is 14.2. The van der Waals surface area contributed by atoms with Crippen molar-refractivity contribution in [3.63, 3.8) is 0 Å². The quantitative estimate of drug-likeness (QED) is 0.687. The van der Waals surface area contributed by atoms with E-state index >= 15 is 0 Å². The third-order valence-corrected chi connectivity index (χ3v) is 3.89. The summed E-state index contributed by atoms with van der Waals surface area (Å²) in [6, 6.07) is 11.4. The molecule has 3 aromatic rings. The Morgan fingerprint density at radius 1 is 1.23 bits per heavy atom. The van der Waals surface area contributed by atoms with Crippen LogP contribution in [0.3, 0.4) is 0 Å². The van der Waals surface area contributed by atoms with Gasteiger partial charge in [-0.3, -0.25) is 14.2 Å². The number of carbonyl (C=O) groups is 1. The van der Waals surface area contributed by atoms with Crippen LogP contribution in [-0.2, 0) is 11.3 Å². The van der Waals surface area contributed by atoms with Gasteiger partial charge < -0.3 is 10.1 Å². The minimum Gasteiger partial charge on any atom is -0.489 e. The molecule has 0 atom stereocenters. The fourth-order valence-corrected chi connectivity index (χ4v) is 2.57. The highest BCUT2D eigenvalue weighted by molar-refractivity contribution is 5.81. The Balaban J connectivity index is 1.57. The van der Waals surface area contributed by atoms with Crippen molar-refractivity contribution in [1.82, 2.24) is 14.9 Å². The molecule has 3 rings (SSSR count). The van der Waals surface area contributed by atoms with Gasteiger partial charge >= 0.3 is 0 Å². The summed E-state index contributed by atoms with van der Waals surface area (Å²) in [5.74, 6) is -0.673. The predicted molar refractivity (Wildman–Crippen MR) is 95.6 cm³/mol. The van der Waals surface area contributed by atoms with Crippen LogP contribution < -0.4 is 15.6 Å². The summed E-state index contributed by atoms with van der Waals surface area (Å²) in [6.45, 7) is 2.05. The lowest BCUT2D eigenvalue weighted by atomic mass is 10.1. The van der Waals surface area contributed by atoms with E-state index in [4.69, 9.17) is 4.74 Å². The van der Waals surface area contributed by atoms with Crippen LogP contribution in [0.1, 0.15) is 5.56 Å². The van der Waals surface area contributed by atoms with Crippen molar-refractivity contribution in [3.05, 3.63) is 70.5 Å². The lowest BCUT2D eigenvalue weighted by molar-refractivity contribution is -0.121. The minimum absolute atomic E-state index is 0.122. The molecule has 2 aromatic carbocycles. The van der Waals surface area contributed by atoms with Gasteiger partial charge in [-0.05, 0) is 30.7 Å². The van der Waals surface area contributed by atoms with Gasteiger partial charge in [-0.2, -0.15) is 0 Å². The Hall–Kier alpha value is -3.22. The Morgan fingerprint density at radius 3 is 2.85 bits per heavy atom. The first kappa shape index (κ1) is 17.6. The molecular formula is C19H18FN3O3. The van der Waals surface area contributed by atoms with Crippen LogP contribution in [0.4, 0.5) is 4.39 Å². The molecule has 0 radical (unpaired) electrons. The summed E-state index contributed by atoms with van der Waals surface area (Å²) in [5.41, 5.74) is 1.27. The van der Waals surface area contributed by atoms with E-state index in [-0.39, 0.29) is 36.9 Å². The number of nitrogens with zero attached hydrogens (tertiary/aromatic N) is 2. The average molecular weight is 355 g/mol. The molecule has 0 aliphatic heterocycles. The summed E-state index contributed by atoms with van der Waals surface area (Å²) in [4.78, 5) is 28.7. The molecule has 0 bridgehead atoms. The van der Waals surface area contributed by atoms with Crippen LogP contribution in [0.15, 0.2) is 53.6 Å². The summed E-state index contributed by atoms with van der Waals surface area (Å²) in [5, 5.41) is 3.11. The second kappa shape index (κ2) is 7.77. The van der Waals surface area contributed by atoms with Gasteiger partial charge in [-0.25, -0.2) is 9.37 Å². The molecule has 0 aliphatic rings. The maximum Gasteiger partial charge on any atom is 0.261 e. The number of amides is 1. The molecule has 134 valence electrons. The average Bonchev–Trinajstić information content (AvgIpc) is 2.63. The van der Waals surface area contributed by atoms with Gasteiger partial charge in [0, 0.05) is 0 Å². The Labute approximate surface area is 149 Å². The van der Waals surface area contributed by atoms with Crippen LogP contribution in [0, 0.1) is 12.7 Å². The first-order chi connectivity index (χ1) is 12.6. The van der Waals surface area contributed by atoms with Crippen LogP contribution in [0.25, 0.3) is 10.9 Å². The molecule has 0 saturated heterocycles. The Morgan fingerprint density at radius 2 is 2.04 bits per heavy atom. The van der Waals surface area contributed by atoms with E-state index in [0.29, 0.717) is 10.9 Å². The van der Waals surface area contributed by atoms with Gasteiger partial charge in [0.05, 0.1) is 23.8 Å². The van der Waals surface area contributed by atoms with Gasteiger partial charge in [0.15, 0.2) is 11.6 Å². The SMILES string of the molecule is Cc1cccc2c(=O)n(CC(=O)NCCOc3ccccc3F)cnc12. The maximum absolute atomic E-state index is 13.4. The summed E-state index contributed by atoms with van der Waals surface area (Å²) >= 11 is 0. The smallest absolute Gasteiger partial charge is 0.261 e. The number of halogens is 1. The number of aryl methyl sites for hydroxylation is 1. The van der Waals surface area contributed by atoms with Gasteiger partial charge in [-0.1, -0.05) is 24.3 Å². The molecule has 1 amide bonds. The topological polar surface area (TPSA) is 73.2 Å². The van der Waals surface area contributed by atoms with Crippen LogP contribution in [-0.4, -0.2) is 28.6 Å². The highest BCUT2D eigenvalue weighted by Gasteiger charge is 2.09. The van der Waals surface area contributed by atoms with Crippen molar-refractivity contribution >= 4 is 16.8 Å². The van der Waals surface area contributed by atoms with Gasteiger partial charge in [0.1, 0.15) is 13.2 Å². The third kappa shape index (κ3) is 3.88. The van der Waals surface area contributed by atoms with Crippen LogP contribution in [0.5, 0.6) is 5.75 Å². The number of hydrogen-bond acceptors (Lipinski definition) is 4. The number of hydrogen-bond donors (Lipinski definition) is 1. The molecule has 6 nitrogen and oxygen atoms in total. The lowest BCUT2D eigenvalue weighted by Crippen LogP contribution is -2.34. The van der Waals surface area contributed by atoms with Crippen molar-refractivity contribution in [2.75, 3.05) is 13.2 Å². The highest BCUT2D eigenvalue weighted by atomic mass is 19.1. The van der Waals surface area contributed by atoms with Crippen molar-refractivity contribution in [1.29, 1.82) is 0 Å². The predicted octanol–water partition coefficient (Wildman–Crippen LogP) is 2.04. The number of para-hydroxylation sites is 2. The number of aromatic nitrogens is 2. The monoisotopic (exact) mass is 355 g/mol. The summed E-state index contributed by atoms with van der Waals surface area (Å²) in [7, 11) is 0. The molecule has 26 heavy (non-hydrogen) atoms. The molecule has 0 saturated carbocycles. The van der Waals surface area contributed by atoms with Gasteiger partial charge in [0.2, 0.25) is 5.91 Å². The molecule has 1 aromatic heterocycles. The number of carbonyl (C=O) groups excluding carboxylic acids is 1. The van der Waals surface area contributed by atoms with E-state index in [1.165, 1.54) is 23.0 Å². The van der Waals surface area contributed by atoms with Gasteiger partial charge in [-0.15, -0.1) is 0 Å². The van der Waals surface area contributed by atoms with Crippen LogP contribution >= 0.6 is 0 Å². The van der Waals surface area contributed by atoms with E-state index < -0.39 is 5.82 Å². The van der Waals surface area contributed by atoms with Crippen LogP contribution in [0.2, 0.25) is 0 Å². The molecule has 0 fully saturated rings. The highest BCUT2D eigenvalue weighted by Crippen LogP contribution is 2.14.